The van der Waals surface area contributed by atoms with Crippen molar-refractivity contribution in [3.8, 4) is 11.5 Å². The molecule has 0 unspecified atom stereocenters. The van der Waals surface area contributed by atoms with Crippen LogP contribution in [-0.4, -0.2) is 21.5 Å². The number of hydrogen-bond donors (Lipinski definition) is 1. The first-order chi connectivity index (χ1) is 14.0. The Morgan fingerprint density at radius 2 is 1.52 bits per heavy atom. The zero-order valence-electron chi connectivity index (χ0n) is 17.1. The Balaban J connectivity index is 1.78. The molecule has 0 aliphatic heterocycles. The molecule has 2 rings (SSSR count). The second-order valence-corrected chi connectivity index (χ2v) is 7.28. The van der Waals surface area contributed by atoms with Gasteiger partial charge in [0.25, 0.3) is 0 Å². The fourth-order valence-electron chi connectivity index (χ4n) is 3.12. The van der Waals surface area contributed by atoms with Crippen LogP contribution >= 0.6 is 0 Å². The number of hydrogen-bond acceptors (Lipinski definition) is 4. The number of rotatable bonds is 13. The van der Waals surface area contributed by atoms with Gasteiger partial charge in [-0.1, -0.05) is 70.8 Å². The Morgan fingerprint density at radius 1 is 0.862 bits per heavy atom. The lowest BCUT2D eigenvalue weighted by atomic mass is 10.1. The van der Waals surface area contributed by atoms with E-state index in [1.54, 1.807) is 18.2 Å². The second kappa shape index (κ2) is 12.4. The number of alkyl halides is 3. The first-order valence-corrected chi connectivity index (χ1v) is 10.6. The summed E-state index contributed by atoms with van der Waals surface area (Å²) in [5.74, 6) is 0.162. The van der Waals surface area contributed by atoms with Crippen LogP contribution in [0.4, 0.5) is 19.0 Å². The molecule has 2 heterocycles. The molecule has 0 amide bonds. The summed E-state index contributed by atoms with van der Waals surface area (Å²) in [6, 6.07) is 5.95. The minimum absolute atomic E-state index is 0.0222. The maximum atomic E-state index is 13.2. The van der Waals surface area contributed by atoms with E-state index in [1.807, 2.05) is 0 Å². The third-order valence-corrected chi connectivity index (χ3v) is 4.75. The van der Waals surface area contributed by atoms with Gasteiger partial charge in [-0.05, 0) is 18.6 Å². The Morgan fingerprint density at radius 3 is 2.10 bits per heavy atom. The highest BCUT2D eigenvalue weighted by molar-refractivity contribution is 5.53. The van der Waals surface area contributed by atoms with Gasteiger partial charge in [0.05, 0.1) is 0 Å². The fourth-order valence-corrected chi connectivity index (χ4v) is 3.12. The Kier molecular flexibility index (Phi) is 9.88. The molecule has 1 N–H and O–H groups in total. The largest absolute Gasteiger partial charge is 0.433 e. The number of nitrogens with zero attached hydrogens (tertiary/aromatic N) is 3. The molecule has 4 nitrogen and oxygen atoms in total. The summed E-state index contributed by atoms with van der Waals surface area (Å²) in [4.78, 5) is 11.9. The van der Waals surface area contributed by atoms with Crippen LogP contribution in [0.3, 0.4) is 0 Å². The summed E-state index contributed by atoms with van der Waals surface area (Å²) in [5.41, 5.74) is -0.640. The maximum Gasteiger partial charge on any atom is 0.433 e. The smallest absolute Gasteiger partial charge is 0.370 e. The third kappa shape index (κ3) is 8.79. The van der Waals surface area contributed by atoms with E-state index in [-0.39, 0.29) is 11.6 Å². The zero-order valence-corrected chi connectivity index (χ0v) is 17.1. The van der Waals surface area contributed by atoms with Crippen molar-refractivity contribution >= 4 is 5.82 Å². The molecule has 2 aromatic heterocycles. The van der Waals surface area contributed by atoms with Gasteiger partial charge in [0.1, 0.15) is 11.5 Å². The van der Waals surface area contributed by atoms with Crippen LogP contribution in [-0.2, 0) is 6.18 Å². The molecule has 0 saturated heterocycles. The van der Waals surface area contributed by atoms with Crippen molar-refractivity contribution in [2.24, 2.45) is 0 Å². The van der Waals surface area contributed by atoms with Gasteiger partial charge in [-0.15, -0.1) is 0 Å². The molecular weight excluding hydrogens is 377 g/mol. The van der Waals surface area contributed by atoms with E-state index < -0.39 is 11.9 Å². The molecule has 0 fully saturated rings. The van der Waals surface area contributed by atoms with Gasteiger partial charge in [-0.3, -0.25) is 4.98 Å². The third-order valence-electron chi connectivity index (χ3n) is 4.75. The zero-order chi connectivity index (χ0) is 21.0. The van der Waals surface area contributed by atoms with Crippen molar-refractivity contribution < 1.29 is 13.2 Å². The summed E-state index contributed by atoms with van der Waals surface area (Å²) in [7, 11) is 0. The van der Waals surface area contributed by atoms with Crippen LogP contribution in [0.25, 0.3) is 11.5 Å². The molecule has 2 aromatic rings. The molecule has 7 heteroatoms. The number of halogens is 3. The highest BCUT2D eigenvalue weighted by Crippen LogP contribution is 2.30. The normalized spacial score (nSPS) is 11.6. The molecule has 0 bridgehead atoms. The summed E-state index contributed by atoms with van der Waals surface area (Å²) < 4.78 is 39.6. The van der Waals surface area contributed by atoms with E-state index in [1.165, 1.54) is 51.1 Å². The molecule has 0 radical (unpaired) electrons. The minimum Gasteiger partial charge on any atom is -0.370 e. The van der Waals surface area contributed by atoms with Crippen LogP contribution in [0.5, 0.6) is 0 Å². The molecule has 0 atom stereocenters. The number of pyridine rings is 1. The van der Waals surface area contributed by atoms with Crippen LogP contribution < -0.4 is 5.32 Å². The quantitative estimate of drug-likeness (QED) is 0.367. The summed E-state index contributed by atoms with van der Waals surface area (Å²) in [6.45, 7) is 2.81. The molecule has 0 aromatic carbocycles. The monoisotopic (exact) mass is 408 g/mol. The molecule has 0 saturated carbocycles. The maximum absolute atomic E-state index is 13.2. The van der Waals surface area contributed by atoms with Crippen LogP contribution in [0, 0.1) is 0 Å². The van der Waals surface area contributed by atoms with Crippen LogP contribution in [0.1, 0.15) is 76.8 Å². The number of unbranched alkanes of at least 4 members (excludes halogenated alkanes) is 9. The van der Waals surface area contributed by atoms with Gasteiger partial charge < -0.3 is 5.32 Å². The lowest BCUT2D eigenvalue weighted by Gasteiger charge is -2.11. The van der Waals surface area contributed by atoms with Crippen molar-refractivity contribution in [3.63, 3.8) is 0 Å². The van der Waals surface area contributed by atoms with Crippen LogP contribution in [0.15, 0.2) is 30.5 Å². The molecular formula is C22H31F3N4. The standard InChI is InChI=1S/C22H31F3N4/c1-2-3-4-5-6-7-8-9-10-12-16-27-20-17-19(22(23,24)25)28-21(29-20)18-14-11-13-15-26-18/h11,13-15,17H,2-10,12,16H2,1H3,(H,27,28,29). The molecule has 0 aliphatic rings. The Labute approximate surface area is 171 Å². The van der Waals surface area contributed by atoms with Crippen molar-refractivity contribution in [2.75, 3.05) is 11.9 Å². The molecule has 29 heavy (non-hydrogen) atoms. The van der Waals surface area contributed by atoms with E-state index in [9.17, 15) is 13.2 Å². The van der Waals surface area contributed by atoms with E-state index in [0.29, 0.717) is 12.2 Å². The lowest BCUT2D eigenvalue weighted by molar-refractivity contribution is -0.141. The molecule has 160 valence electrons. The van der Waals surface area contributed by atoms with E-state index in [2.05, 4.69) is 27.2 Å². The van der Waals surface area contributed by atoms with Gasteiger partial charge in [-0.2, -0.15) is 13.2 Å². The average Bonchev–Trinajstić information content (AvgIpc) is 2.72. The highest BCUT2D eigenvalue weighted by Gasteiger charge is 2.34. The second-order valence-electron chi connectivity index (χ2n) is 7.28. The van der Waals surface area contributed by atoms with Crippen molar-refractivity contribution in [2.45, 2.75) is 77.3 Å². The topological polar surface area (TPSA) is 50.7 Å². The highest BCUT2D eigenvalue weighted by atomic mass is 19.4. The first-order valence-electron chi connectivity index (χ1n) is 10.6. The Hall–Kier alpha value is -2.18. The summed E-state index contributed by atoms with van der Waals surface area (Å²) in [6.07, 6.45) is 9.15. The van der Waals surface area contributed by atoms with Gasteiger partial charge in [0.15, 0.2) is 11.5 Å². The average molecular weight is 409 g/mol. The van der Waals surface area contributed by atoms with Gasteiger partial charge >= 0.3 is 6.18 Å². The number of aromatic nitrogens is 3. The molecule has 0 aliphatic carbocycles. The lowest BCUT2D eigenvalue weighted by Crippen LogP contribution is -2.12. The fraction of sp³-hybridized carbons (Fsp3) is 0.591. The van der Waals surface area contributed by atoms with E-state index >= 15 is 0 Å². The van der Waals surface area contributed by atoms with E-state index in [0.717, 1.165) is 25.3 Å². The van der Waals surface area contributed by atoms with E-state index in [4.69, 9.17) is 0 Å². The van der Waals surface area contributed by atoms with Crippen molar-refractivity contribution in [3.05, 3.63) is 36.2 Å². The predicted octanol–water partition coefficient (Wildman–Crippen LogP) is 6.89. The van der Waals surface area contributed by atoms with Gasteiger partial charge in [-0.25, -0.2) is 9.97 Å². The minimum atomic E-state index is -4.53. The predicted molar refractivity (Wildman–Crippen MR) is 111 cm³/mol. The molecule has 0 spiro atoms. The SMILES string of the molecule is CCCCCCCCCCCCNc1cc(C(F)(F)F)nc(-c2ccccn2)n1. The summed E-state index contributed by atoms with van der Waals surface area (Å²) in [5, 5.41) is 3.01. The van der Waals surface area contributed by atoms with Gasteiger partial charge in [0.2, 0.25) is 0 Å². The van der Waals surface area contributed by atoms with Crippen molar-refractivity contribution in [1.82, 2.24) is 15.0 Å². The summed E-state index contributed by atoms with van der Waals surface area (Å²) >= 11 is 0. The van der Waals surface area contributed by atoms with Crippen molar-refractivity contribution in [1.29, 1.82) is 0 Å². The van der Waals surface area contributed by atoms with Gasteiger partial charge in [0, 0.05) is 18.8 Å². The van der Waals surface area contributed by atoms with Crippen LogP contribution in [0.2, 0.25) is 0 Å². The first kappa shape index (κ1) is 23.1. The number of anilines is 1. The number of nitrogens with one attached hydrogen (secondary N) is 1. The Bertz CT molecular complexity index is 705.